The molecule has 0 saturated carbocycles. The molecule has 5 nitrogen and oxygen atoms in total. The lowest BCUT2D eigenvalue weighted by Crippen LogP contribution is -2.12. The summed E-state index contributed by atoms with van der Waals surface area (Å²) in [5, 5.41) is 11.9. The summed E-state index contributed by atoms with van der Waals surface area (Å²) in [5.41, 5.74) is 1.12. The van der Waals surface area contributed by atoms with Gasteiger partial charge in [0.05, 0.1) is 10.6 Å². The van der Waals surface area contributed by atoms with Gasteiger partial charge in [-0.15, -0.1) is 10.2 Å². The molecule has 1 heterocycles. The summed E-state index contributed by atoms with van der Waals surface area (Å²) >= 11 is 10.9. The van der Waals surface area contributed by atoms with Crippen LogP contribution in [0.15, 0.2) is 63.3 Å². The molecular weight excluding hydrogens is 412 g/mol. The maximum absolute atomic E-state index is 12.3. The van der Waals surface area contributed by atoms with Crippen LogP contribution in [0.3, 0.4) is 0 Å². The van der Waals surface area contributed by atoms with Crippen molar-refractivity contribution >= 4 is 50.9 Å². The Balaban J connectivity index is 1.69. The number of carbonyl (C=O) groups excluding carboxylic acids is 1. The number of rotatable bonds is 4. The highest BCUT2D eigenvalue weighted by atomic mass is 79.9. The van der Waals surface area contributed by atoms with E-state index in [0.29, 0.717) is 16.3 Å². The molecular formula is C16H12BrClN4OS. The Hall–Kier alpha value is -1.83. The van der Waals surface area contributed by atoms with E-state index in [9.17, 15) is 4.79 Å². The van der Waals surface area contributed by atoms with Crippen molar-refractivity contribution in [3.05, 3.63) is 63.9 Å². The number of benzene rings is 2. The van der Waals surface area contributed by atoms with E-state index in [1.807, 2.05) is 35.9 Å². The zero-order chi connectivity index (χ0) is 17.1. The average molecular weight is 424 g/mol. The molecule has 0 bridgehead atoms. The number of nitrogens with zero attached hydrogens (tertiary/aromatic N) is 3. The summed E-state index contributed by atoms with van der Waals surface area (Å²) in [6.07, 6.45) is 1.65. The van der Waals surface area contributed by atoms with Crippen molar-refractivity contribution in [2.24, 2.45) is 7.05 Å². The second-order valence-corrected chi connectivity index (χ2v) is 7.29. The predicted molar refractivity (Wildman–Crippen MR) is 98.7 cm³/mol. The Labute approximate surface area is 156 Å². The molecule has 0 spiro atoms. The number of carbonyl (C=O) groups is 1. The van der Waals surface area contributed by atoms with Crippen molar-refractivity contribution < 1.29 is 4.79 Å². The van der Waals surface area contributed by atoms with Crippen LogP contribution < -0.4 is 5.32 Å². The van der Waals surface area contributed by atoms with Gasteiger partial charge in [-0.25, -0.2) is 0 Å². The van der Waals surface area contributed by atoms with Crippen LogP contribution in [0.2, 0.25) is 5.02 Å². The molecule has 0 atom stereocenters. The lowest BCUT2D eigenvalue weighted by molar-refractivity contribution is 0.102. The number of anilines is 1. The first kappa shape index (κ1) is 17.0. The van der Waals surface area contributed by atoms with Gasteiger partial charge in [-0.3, -0.25) is 4.79 Å². The number of halogens is 2. The monoisotopic (exact) mass is 422 g/mol. The first-order valence-corrected chi connectivity index (χ1v) is 8.90. The first-order valence-electron chi connectivity index (χ1n) is 6.91. The Morgan fingerprint density at radius 3 is 2.62 bits per heavy atom. The zero-order valence-corrected chi connectivity index (χ0v) is 15.7. The van der Waals surface area contributed by atoms with Gasteiger partial charge >= 0.3 is 0 Å². The van der Waals surface area contributed by atoms with Crippen LogP contribution in [0.4, 0.5) is 5.69 Å². The van der Waals surface area contributed by atoms with Crippen LogP contribution in [0.1, 0.15) is 10.4 Å². The lowest BCUT2D eigenvalue weighted by atomic mass is 10.2. The molecule has 1 aromatic heterocycles. The summed E-state index contributed by atoms with van der Waals surface area (Å²) in [6, 6.07) is 12.7. The molecule has 3 aromatic rings. The van der Waals surface area contributed by atoms with E-state index in [0.717, 1.165) is 14.5 Å². The fourth-order valence-electron chi connectivity index (χ4n) is 1.95. The molecule has 122 valence electrons. The summed E-state index contributed by atoms with van der Waals surface area (Å²) in [4.78, 5) is 13.3. The van der Waals surface area contributed by atoms with E-state index in [1.54, 1.807) is 24.5 Å². The normalized spacial score (nSPS) is 10.6. The molecule has 3 rings (SSSR count). The van der Waals surface area contributed by atoms with Crippen LogP contribution in [-0.2, 0) is 7.05 Å². The highest BCUT2D eigenvalue weighted by Crippen LogP contribution is 2.27. The molecule has 0 aliphatic heterocycles. The van der Waals surface area contributed by atoms with E-state index in [1.165, 1.54) is 11.8 Å². The van der Waals surface area contributed by atoms with Crippen LogP contribution in [0, 0.1) is 0 Å². The molecule has 2 aromatic carbocycles. The number of hydrogen-bond acceptors (Lipinski definition) is 4. The first-order chi connectivity index (χ1) is 11.5. The van der Waals surface area contributed by atoms with Crippen LogP contribution >= 0.6 is 39.3 Å². The third-order valence-corrected chi connectivity index (χ3v) is 5.03. The molecule has 24 heavy (non-hydrogen) atoms. The third kappa shape index (κ3) is 3.98. The van der Waals surface area contributed by atoms with E-state index in [-0.39, 0.29) is 5.91 Å². The number of nitrogens with one attached hydrogen (secondary N) is 1. The molecule has 0 radical (unpaired) electrons. The van der Waals surface area contributed by atoms with E-state index < -0.39 is 0 Å². The SMILES string of the molecule is Cn1cnnc1Sc1ccc(NC(=O)c2ccc(Br)cc2Cl)cc1. The van der Waals surface area contributed by atoms with Gasteiger partial charge in [-0.05, 0) is 54.2 Å². The number of amides is 1. The predicted octanol–water partition coefficient (Wildman–Crippen LogP) is 4.63. The zero-order valence-electron chi connectivity index (χ0n) is 12.5. The van der Waals surface area contributed by atoms with Gasteiger partial charge in [-0.2, -0.15) is 0 Å². The second kappa shape index (κ2) is 7.38. The Morgan fingerprint density at radius 2 is 2.00 bits per heavy atom. The Bertz CT molecular complexity index is 882. The van der Waals surface area contributed by atoms with Gasteiger partial charge in [0.2, 0.25) is 0 Å². The van der Waals surface area contributed by atoms with Crippen LogP contribution in [0.5, 0.6) is 0 Å². The topological polar surface area (TPSA) is 59.8 Å². The van der Waals surface area contributed by atoms with Gasteiger partial charge in [-0.1, -0.05) is 27.5 Å². The molecule has 0 aliphatic carbocycles. The molecule has 0 saturated heterocycles. The van der Waals surface area contributed by atoms with Gasteiger partial charge < -0.3 is 9.88 Å². The molecule has 0 aliphatic rings. The average Bonchev–Trinajstić information content (AvgIpc) is 2.94. The number of aromatic nitrogens is 3. The van der Waals surface area contributed by atoms with Gasteiger partial charge in [0.25, 0.3) is 5.91 Å². The largest absolute Gasteiger partial charge is 0.322 e. The van der Waals surface area contributed by atoms with Crippen molar-refractivity contribution in [3.8, 4) is 0 Å². The number of hydrogen-bond donors (Lipinski definition) is 1. The molecule has 1 amide bonds. The highest BCUT2D eigenvalue weighted by molar-refractivity contribution is 9.10. The minimum atomic E-state index is -0.249. The fraction of sp³-hybridized carbons (Fsp3) is 0.0625. The number of aryl methyl sites for hydroxylation is 1. The molecule has 1 N–H and O–H groups in total. The molecule has 0 unspecified atom stereocenters. The molecule has 8 heteroatoms. The quantitative estimate of drug-likeness (QED) is 0.664. The summed E-state index contributed by atoms with van der Waals surface area (Å²) < 4.78 is 2.67. The van der Waals surface area contributed by atoms with Crippen LogP contribution in [0.25, 0.3) is 0 Å². The maximum atomic E-state index is 12.3. The van der Waals surface area contributed by atoms with Crippen molar-refractivity contribution in [3.63, 3.8) is 0 Å². The third-order valence-electron chi connectivity index (χ3n) is 3.17. The van der Waals surface area contributed by atoms with Gasteiger partial charge in [0.15, 0.2) is 5.16 Å². The highest BCUT2D eigenvalue weighted by Gasteiger charge is 2.11. The summed E-state index contributed by atoms with van der Waals surface area (Å²) in [6.45, 7) is 0. The van der Waals surface area contributed by atoms with E-state index in [4.69, 9.17) is 11.6 Å². The Morgan fingerprint density at radius 1 is 1.25 bits per heavy atom. The summed E-state index contributed by atoms with van der Waals surface area (Å²) in [7, 11) is 1.89. The minimum Gasteiger partial charge on any atom is -0.322 e. The smallest absolute Gasteiger partial charge is 0.257 e. The van der Waals surface area contributed by atoms with Crippen molar-refractivity contribution in [1.29, 1.82) is 0 Å². The fourth-order valence-corrected chi connectivity index (χ4v) is 3.47. The van der Waals surface area contributed by atoms with Crippen molar-refractivity contribution in [2.45, 2.75) is 10.1 Å². The maximum Gasteiger partial charge on any atom is 0.257 e. The van der Waals surface area contributed by atoms with E-state index >= 15 is 0 Å². The standard InChI is InChI=1S/C16H12BrClN4OS/c1-22-9-19-21-16(22)24-12-5-3-11(4-6-12)20-15(23)13-7-2-10(17)8-14(13)18/h2-9H,1H3,(H,20,23). The van der Waals surface area contributed by atoms with Crippen molar-refractivity contribution in [1.82, 2.24) is 14.8 Å². The minimum absolute atomic E-state index is 0.249. The Kier molecular flexibility index (Phi) is 5.23. The van der Waals surface area contributed by atoms with Crippen molar-refractivity contribution in [2.75, 3.05) is 5.32 Å². The van der Waals surface area contributed by atoms with Gasteiger partial charge in [0, 0.05) is 22.1 Å². The van der Waals surface area contributed by atoms with Crippen LogP contribution in [-0.4, -0.2) is 20.7 Å². The summed E-state index contributed by atoms with van der Waals surface area (Å²) in [5.74, 6) is -0.249. The van der Waals surface area contributed by atoms with Gasteiger partial charge in [0.1, 0.15) is 6.33 Å². The van der Waals surface area contributed by atoms with E-state index in [2.05, 4.69) is 31.4 Å². The second-order valence-electron chi connectivity index (χ2n) is 4.93. The lowest BCUT2D eigenvalue weighted by Gasteiger charge is -2.08. The molecule has 0 fully saturated rings.